The molecule has 3 fully saturated rings. The fourth-order valence-electron chi connectivity index (χ4n) is 5.50. The highest BCUT2D eigenvalue weighted by atomic mass is 16.3. The number of nitrogens with zero attached hydrogens (tertiary/aromatic N) is 5. The average molecular weight is 472 g/mol. The summed E-state index contributed by atoms with van der Waals surface area (Å²) in [7, 11) is 0. The van der Waals surface area contributed by atoms with Crippen molar-refractivity contribution in [3.63, 3.8) is 0 Å². The molecule has 3 aliphatic rings. The van der Waals surface area contributed by atoms with Crippen molar-refractivity contribution in [2.45, 2.75) is 44.8 Å². The predicted molar refractivity (Wildman–Crippen MR) is 135 cm³/mol. The van der Waals surface area contributed by atoms with E-state index in [1.165, 1.54) is 24.8 Å². The van der Waals surface area contributed by atoms with Crippen LogP contribution in [-0.4, -0.2) is 56.4 Å². The molecule has 6 heterocycles. The normalized spacial score (nSPS) is 20.1. The number of piperazine rings is 1. The van der Waals surface area contributed by atoms with Crippen molar-refractivity contribution in [2.24, 2.45) is 5.73 Å². The van der Waals surface area contributed by atoms with Gasteiger partial charge in [0.2, 0.25) is 0 Å². The first-order valence-corrected chi connectivity index (χ1v) is 12.1. The smallest absolute Gasteiger partial charge is 0.284 e. The lowest BCUT2D eigenvalue weighted by Gasteiger charge is -2.54. The van der Waals surface area contributed by atoms with Crippen LogP contribution in [0.2, 0.25) is 0 Å². The molecule has 9 nitrogen and oxygen atoms in total. The Labute approximate surface area is 203 Å². The number of primary amides is 1. The zero-order valence-electron chi connectivity index (χ0n) is 19.9. The first-order chi connectivity index (χ1) is 17.0. The molecule has 9 heteroatoms. The standard InChI is InChI=1S/C26H29N7O2/c1-16(2)32-13-21-8-7-20(32)14-33(21)19-5-3-18(4-6-19)30-25-26-28-9-10-31(26)22(12-29-25)17-11-23(24(27)34)35-15-17/h3-6,9-12,15-16,20-21H,7-8,13-14H2,1-2H3,(H2,27,34)(H,29,30). The lowest BCUT2D eigenvalue weighted by molar-refractivity contribution is 0.0674. The number of furan rings is 1. The number of amides is 1. The lowest BCUT2D eigenvalue weighted by atomic mass is 9.89. The van der Waals surface area contributed by atoms with Crippen molar-refractivity contribution < 1.29 is 9.21 Å². The second-order valence-corrected chi connectivity index (χ2v) is 9.68. The van der Waals surface area contributed by atoms with Gasteiger partial charge in [-0.25, -0.2) is 9.97 Å². The van der Waals surface area contributed by atoms with E-state index in [0.29, 0.717) is 35.2 Å². The third-order valence-electron chi connectivity index (χ3n) is 7.26. The van der Waals surface area contributed by atoms with E-state index in [1.54, 1.807) is 18.5 Å². The summed E-state index contributed by atoms with van der Waals surface area (Å²) in [6, 6.07) is 12.0. The second kappa shape index (κ2) is 8.42. The Kier molecular flexibility index (Phi) is 5.21. The van der Waals surface area contributed by atoms with Crippen LogP contribution in [0.25, 0.3) is 16.9 Å². The molecule has 4 aromatic rings. The number of carbonyl (C=O) groups excluding carboxylic acids is 1. The summed E-state index contributed by atoms with van der Waals surface area (Å²) >= 11 is 0. The summed E-state index contributed by atoms with van der Waals surface area (Å²) in [5, 5.41) is 3.40. The average Bonchev–Trinajstić information content (AvgIpc) is 3.56. The number of hydrogen-bond acceptors (Lipinski definition) is 7. The van der Waals surface area contributed by atoms with Crippen LogP contribution in [0.5, 0.6) is 0 Å². The highest BCUT2D eigenvalue weighted by molar-refractivity contribution is 5.91. The Bertz CT molecular complexity index is 1370. The lowest BCUT2D eigenvalue weighted by Crippen LogP contribution is -2.64. The van der Waals surface area contributed by atoms with E-state index in [4.69, 9.17) is 10.2 Å². The number of anilines is 3. The minimum Gasteiger partial charge on any atom is -0.458 e. The Morgan fingerprint density at radius 3 is 2.63 bits per heavy atom. The van der Waals surface area contributed by atoms with E-state index in [2.05, 4.69) is 63.2 Å². The summed E-state index contributed by atoms with van der Waals surface area (Å²) < 4.78 is 7.18. The molecule has 2 bridgehead atoms. The van der Waals surface area contributed by atoms with Gasteiger partial charge in [0.15, 0.2) is 17.2 Å². The number of hydrogen-bond donors (Lipinski definition) is 2. The van der Waals surface area contributed by atoms with Crippen LogP contribution >= 0.6 is 0 Å². The topological polar surface area (TPSA) is 105 Å². The van der Waals surface area contributed by atoms with E-state index in [9.17, 15) is 4.79 Å². The molecule has 35 heavy (non-hydrogen) atoms. The monoisotopic (exact) mass is 471 g/mol. The van der Waals surface area contributed by atoms with Gasteiger partial charge in [0.25, 0.3) is 5.91 Å². The van der Waals surface area contributed by atoms with Gasteiger partial charge >= 0.3 is 0 Å². The van der Waals surface area contributed by atoms with Crippen molar-refractivity contribution >= 4 is 28.7 Å². The minimum atomic E-state index is -0.609. The highest BCUT2D eigenvalue weighted by Gasteiger charge is 2.39. The molecule has 1 amide bonds. The summed E-state index contributed by atoms with van der Waals surface area (Å²) in [5.41, 5.74) is 9.68. The van der Waals surface area contributed by atoms with Gasteiger partial charge in [-0.15, -0.1) is 0 Å². The number of aromatic nitrogens is 3. The number of piperidine rings is 2. The van der Waals surface area contributed by atoms with Crippen LogP contribution in [0, 0.1) is 0 Å². The predicted octanol–water partition coefficient (Wildman–Crippen LogP) is 3.89. The van der Waals surface area contributed by atoms with E-state index >= 15 is 0 Å². The maximum Gasteiger partial charge on any atom is 0.284 e. The first-order valence-electron chi connectivity index (χ1n) is 12.1. The number of carbonyl (C=O) groups is 1. The molecule has 0 spiro atoms. The molecule has 3 N–H and O–H groups in total. The third kappa shape index (κ3) is 3.81. The zero-order chi connectivity index (χ0) is 24.1. The summed E-state index contributed by atoms with van der Waals surface area (Å²) in [6.45, 7) is 6.85. The molecular weight excluding hydrogens is 442 g/mol. The number of benzene rings is 1. The quantitative estimate of drug-likeness (QED) is 0.439. The van der Waals surface area contributed by atoms with E-state index < -0.39 is 5.91 Å². The number of nitrogens with one attached hydrogen (secondary N) is 1. The Hall–Kier alpha value is -3.85. The van der Waals surface area contributed by atoms with E-state index in [-0.39, 0.29) is 5.76 Å². The van der Waals surface area contributed by atoms with Crippen LogP contribution in [0.1, 0.15) is 37.2 Å². The molecule has 180 valence electrons. The Balaban J connectivity index is 1.22. The first kappa shape index (κ1) is 21.7. The summed E-state index contributed by atoms with van der Waals surface area (Å²) in [5.74, 6) is 0.145. The van der Waals surface area contributed by atoms with Crippen LogP contribution in [0.4, 0.5) is 17.2 Å². The molecule has 0 saturated carbocycles. The van der Waals surface area contributed by atoms with Crippen molar-refractivity contribution in [2.75, 3.05) is 23.3 Å². The fraction of sp³-hybridized carbons (Fsp3) is 0.346. The zero-order valence-corrected chi connectivity index (χ0v) is 19.9. The second-order valence-electron chi connectivity index (χ2n) is 9.68. The van der Waals surface area contributed by atoms with Gasteiger partial charge in [-0.3, -0.25) is 14.1 Å². The molecule has 7 rings (SSSR count). The number of rotatable bonds is 6. The molecule has 1 aromatic carbocycles. The van der Waals surface area contributed by atoms with Crippen molar-refractivity contribution in [1.29, 1.82) is 0 Å². The van der Waals surface area contributed by atoms with Crippen molar-refractivity contribution in [3.05, 3.63) is 60.9 Å². The fourth-order valence-corrected chi connectivity index (χ4v) is 5.50. The molecule has 0 radical (unpaired) electrons. The molecule has 3 aliphatic heterocycles. The van der Waals surface area contributed by atoms with Crippen LogP contribution in [0.3, 0.4) is 0 Å². The highest BCUT2D eigenvalue weighted by Crippen LogP contribution is 2.34. The molecule has 0 aliphatic carbocycles. The molecule has 3 aromatic heterocycles. The number of imidazole rings is 1. The van der Waals surface area contributed by atoms with Gasteiger partial charge in [-0.2, -0.15) is 0 Å². The largest absolute Gasteiger partial charge is 0.458 e. The van der Waals surface area contributed by atoms with E-state index in [1.807, 2.05) is 10.6 Å². The van der Waals surface area contributed by atoms with Gasteiger partial charge in [-0.05, 0) is 57.0 Å². The minimum absolute atomic E-state index is 0.106. The maximum absolute atomic E-state index is 11.4. The SMILES string of the molecule is CC(C)N1CC2CCC1CN2c1ccc(Nc2ncc(-c3coc(C(N)=O)c3)n3ccnc23)cc1. The van der Waals surface area contributed by atoms with Gasteiger partial charge in [0, 0.05) is 60.5 Å². The van der Waals surface area contributed by atoms with Crippen molar-refractivity contribution in [1.82, 2.24) is 19.3 Å². The van der Waals surface area contributed by atoms with Gasteiger partial charge in [-0.1, -0.05) is 0 Å². The Morgan fingerprint density at radius 2 is 1.94 bits per heavy atom. The maximum atomic E-state index is 11.4. The third-order valence-corrected chi connectivity index (χ3v) is 7.26. The van der Waals surface area contributed by atoms with Crippen LogP contribution in [0.15, 0.2) is 59.6 Å². The summed E-state index contributed by atoms with van der Waals surface area (Å²) in [6.07, 6.45) is 9.35. The molecular formula is C26H29N7O2. The van der Waals surface area contributed by atoms with Gasteiger partial charge in [0.05, 0.1) is 11.9 Å². The van der Waals surface area contributed by atoms with Crippen molar-refractivity contribution in [3.8, 4) is 11.3 Å². The van der Waals surface area contributed by atoms with E-state index in [0.717, 1.165) is 24.5 Å². The summed E-state index contributed by atoms with van der Waals surface area (Å²) in [4.78, 5) is 25.7. The van der Waals surface area contributed by atoms with Gasteiger partial charge < -0.3 is 20.4 Å². The van der Waals surface area contributed by atoms with Crippen LogP contribution < -0.4 is 16.0 Å². The molecule has 2 atom stereocenters. The number of nitrogens with two attached hydrogens (primary N) is 1. The Morgan fingerprint density at radius 1 is 1.14 bits per heavy atom. The van der Waals surface area contributed by atoms with Crippen LogP contribution in [-0.2, 0) is 0 Å². The molecule has 3 saturated heterocycles. The van der Waals surface area contributed by atoms with Gasteiger partial charge in [0.1, 0.15) is 6.26 Å². The number of fused-ring (bicyclic) bond motifs is 4. The molecule has 2 unspecified atom stereocenters.